The van der Waals surface area contributed by atoms with Gasteiger partial charge in [-0.25, -0.2) is 4.79 Å². The van der Waals surface area contributed by atoms with Crippen LogP contribution in [0.2, 0.25) is 5.02 Å². The van der Waals surface area contributed by atoms with Gasteiger partial charge in [0.15, 0.2) is 5.78 Å². The molecule has 0 aliphatic carbocycles. The molecule has 0 aliphatic heterocycles. The normalized spacial score (nSPS) is 11.6. The molecule has 0 saturated heterocycles. The molecule has 0 atom stereocenters. The van der Waals surface area contributed by atoms with Crippen molar-refractivity contribution in [1.82, 2.24) is 0 Å². The zero-order valence-electron chi connectivity index (χ0n) is 13.9. The second kappa shape index (κ2) is 7.98. The quantitative estimate of drug-likeness (QED) is 0.602. The van der Waals surface area contributed by atoms with Gasteiger partial charge in [-0.1, -0.05) is 37.6 Å². The molecular weight excluding hydrogens is 346 g/mol. The van der Waals surface area contributed by atoms with Crippen molar-refractivity contribution in [1.29, 1.82) is 0 Å². The number of aliphatic imine (C=N–C) groups is 1. The Morgan fingerprint density at radius 2 is 1.92 bits per heavy atom. The van der Waals surface area contributed by atoms with E-state index in [0.717, 1.165) is 5.56 Å². The van der Waals surface area contributed by atoms with Gasteiger partial charge in [-0.2, -0.15) is 0 Å². The highest BCUT2D eigenvalue weighted by atomic mass is 35.5. The van der Waals surface area contributed by atoms with E-state index < -0.39 is 28.7 Å². The SMILES string of the molecule is CCC(=O)c1c(O)oc(=O)c(C(CC)=NCc2cccc(Cl)c2)c1O. The first-order chi connectivity index (χ1) is 11.9. The Morgan fingerprint density at radius 3 is 2.52 bits per heavy atom. The predicted octanol–water partition coefficient (Wildman–Crippen LogP) is 3.70. The number of ketones is 1. The van der Waals surface area contributed by atoms with Crippen molar-refractivity contribution < 1.29 is 19.4 Å². The number of carbonyl (C=O) groups excluding carboxylic acids is 1. The highest BCUT2D eigenvalue weighted by Gasteiger charge is 2.25. The molecule has 7 heteroatoms. The molecule has 1 aromatic heterocycles. The molecule has 0 saturated carbocycles. The van der Waals surface area contributed by atoms with Gasteiger partial charge in [0.05, 0.1) is 12.3 Å². The van der Waals surface area contributed by atoms with Gasteiger partial charge in [0.2, 0.25) is 0 Å². The number of hydrogen-bond donors (Lipinski definition) is 2. The molecule has 2 N–H and O–H groups in total. The number of aromatic hydroxyl groups is 2. The van der Waals surface area contributed by atoms with Crippen molar-refractivity contribution in [2.45, 2.75) is 33.2 Å². The Kier molecular flexibility index (Phi) is 5.98. The van der Waals surface area contributed by atoms with Crippen molar-refractivity contribution in [3.8, 4) is 11.7 Å². The summed E-state index contributed by atoms with van der Waals surface area (Å²) in [5.41, 5.74) is -0.461. The van der Waals surface area contributed by atoms with Gasteiger partial charge in [0, 0.05) is 11.4 Å². The Morgan fingerprint density at radius 1 is 1.20 bits per heavy atom. The molecular formula is C18H18ClNO5. The average molecular weight is 364 g/mol. The highest BCUT2D eigenvalue weighted by Crippen LogP contribution is 2.30. The summed E-state index contributed by atoms with van der Waals surface area (Å²) in [6.07, 6.45) is 0.360. The van der Waals surface area contributed by atoms with Gasteiger partial charge in [-0.3, -0.25) is 9.79 Å². The Hall–Kier alpha value is -2.60. The van der Waals surface area contributed by atoms with Crippen LogP contribution in [0, 0.1) is 0 Å². The molecule has 2 aromatic rings. The van der Waals surface area contributed by atoms with Gasteiger partial charge in [0.1, 0.15) is 16.9 Å². The molecule has 1 heterocycles. The smallest absolute Gasteiger partial charge is 0.351 e. The zero-order valence-corrected chi connectivity index (χ0v) is 14.6. The van der Waals surface area contributed by atoms with Gasteiger partial charge < -0.3 is 14.6 Å². The molecule has 25 heavy (non-hydrogen) atoms. The van der Waals surface area contributed by atoms with E-state index >= 15 is 0 Å². The van der Waals surface area contributed by atoms with Gasteiger partial charge in [-0.05, 0) is 24.1 Å². The van der Waals surface area contributed by atoms with E-state index in [4.69, 9.17) is 16.0 Å². The monoisotopic (exact) mass is 363 g/mol. The number of hydrogen-bond acceptors (Lipinski definition) is 6. The summed E-state index contributed by atoms with van der Waals surface area (Å²) in [6, 6.07) is 7.08. The third kappa shape index (κ3) is 4.09. The van der Waals surface area contributed by atoms with E-state index in [9.17, 15) is 19.8 Å². The minimum Gasteiger partial charge on any atom is -0.506 e. The molecule has 0 fully saturated rings. The standard InChI is InChI=1S/C18H18ClNO5/c1-3-12(20-9-10-6-5-7-11(19)8-10)14-16(22)15(13(21)4-2)18(24)25-17(14)23/h5-8,22,24H,3-4,9H2,1-2H3. The highest BCUT2D eigenvalue weighted by molar-refractivity contribution is 6.30. The Balaban J connectivity index is 2.52. The van der Waals surface area contributed by atoms with Crippen LogP contribution in [-0.2, 0) is 6.54 Å². The van der Waals surface area contributed by atoms with Crippen LogP contribution in [0.15, 0.2) is 38.5 Å². The van der Waals surface area contributed by atoms with Crippen LogP contribution in [0.25, 0.3) is 0 Å². The second-order valence-electron chi connectivity index (χ2n) is 5.32. The Labute approximate surface area is 149 Å². The maximum atomic E-state index is 12.1. The first-order valence-electron chi connectivity index (χ1n) is 7.79. The maximum Gasteiger partial charge on any atom is 0.351 e. The van der Waals surface area contributed by atoms with Gasteiger partial charge in [-0.15, -0.1) is 0 Å². The largest absolute Gasteiger partial charge is 0.506 e. The van der Waals surface area contributed by atoms with Crippen molar-refractivity contribution in [2.24, 2.45) is 4.99 Å². The number of benzene rings is 1. The van der Waals surface area contributed by atoms with E-state index in [1.165, 1.54) is 0 Å². The molecule has 1 aromatic carbocycles. The van der Waals surface area contributed by atoms with Crippen LogP contribution in [0.5, 0.6) is 11.7 Å². The molecule has 132 valence electrons. The fourth-order valence-electron chi connectivity index (χ4n) is 2.39. The Bertz CT molecular complexity index is 886. The first kappa shape index (κ1) is 18.7. The van der Waals surface area contributed by atoms with Gasteiger partial charge in [0.25, 0.3) is 5.95 Å². The number of Topliss-reactive ketones (excluding diaryl/α,β-unsaturated/α-hetero) is 1. The summed E-state index contributed by atoms with van der Waals surface area (Å²) in [4.78, 5) is 28.3. The lowest BCUT2D eigenvalue weighted by atomic mass is 10.0. The summed E-state index contributed by atoms with van der Waals surface area (Å²) in [5.74, 6) is -2.03. The molecule has 2 rings (SSSR count). The van der Waals surface area contributed by atoms with Crippen LogP contribution in [0.3, 0.4) is 0 Å². The molecule has 0 unspecified atom stereocenters. The summed E-state index contributed by atoms with van der Waals surface area (Å²) < 4.78 is 4.71. The van der Waals surface area contributed by atoms with Crippen molar-refractivity contribution in [3.05, 3.63) is 56.4 Å². The van der Waals surface area contributed by atoms with Crippen LogP contribution in [0.4, 0.5) is 0 Å². The van der Waals surface area contributed by atoms with Crippen LogP contribution in [0.1, 0.15) is 48.2 Å². The van der Waals surface area contributed by atoms with Crippen molar-refractivity contribution >= 4 is 23.1 Å². The predicted molar refractivity (Wildman–Crippen MR) is 94.9 cm³/mol. The van der Waals surface area contributed by atoms with E-state index in [1.807, 2.05) is 6.07 Å². The minimum absolute atomic E-state index is 0.0371. The van der Waals surface area contributed by atoms with E-state index in [2.05, 4.69) is 4.99 Å². The zero-order chi connectivity index (χ0) is 18.6. The fraction of sp³-hybridized carbons (Fsp3) is 0.278. The minimum atomic E-state index is -0.950. The summed E-state index contributed by atoms with van der Waals surface area (Å²) in [7, 11) is 0. The lowest BCUT2D eigenvalue weighted by molar-refractivity contribution is 0.0976. The number of nitrogens with zero attached hydrogens (tertiary/aromatic N) is 1. The van der Waals surface area contributed by atoms with Crippen LogP contribution >= 0.6 is 11.6 Å². The topological polar surface area (TPSA) is 100 Å². The number of carbonyl (C=O) groups is 1. The molecule has 0 amide bonds. The second-order valence-corrected chi connectivity index (χ2v) is 5.75. The summed E-state index contributed by atoms with van der Waals surface area (Å²) >= 11 is 5.93. The van der Waals surface area contributed by atoms with Crippen molar-refractivity contribution in [2.75, 3.05) is 0 Å². The molecule has 0 spiro atoms. The van der Waals surface area contributed by atoms with E-state index in [0.29, 0.717) is 11.4 Å². The lowest BCUT2D eigenvalue weighted by Gasteiger charge is -2.10. The van der Waals surface area contributed by atoms with Gasteiger partial charge >= 0.3 is 5.63 Å². The first-order valence-corrected chi connectivity index (χ1v) is 8.17. The average Bonchev–Trinajstić information content (AvgIpc) is 2.57. The lowest BCUT2D eigenvalue weighted by Crippen LogP contribution is -2.17. The number of rotatable bonds is 6. The number of halogens is 1. The maximum absolute atomic E-state index is 12.1. The van der Waals surface area contributed by atoms with Crippen molar-refractivity contribution in [3.63, 3.8) is 0 Å². The van der Waals surface area contributed by atoms with E-state index in [-0.39, 0.29) is 24.2 Å². The molecule has 0 bridgehead atoms. The van der Waals surface area contributed by atoms with Crippen LogP contribution in [-0.4, -0.2) is 21.7 Å². The summed E-state index contributed by atoms with van der Waals surface area (Å²) in [6.45, 7) is 3.56. The molecule has 0 aliphatic rings. The summed E-state index contributed by atoms with van der Waals surface area (Å²) in [5, 5.41) is 20.6. The van der Waals surface area contributed by atoms with E-state index in [1.54, 1.807) is 32.0 Å². The third-order valence-electron chi connectivity index (χ3n) is 3.65. The molecule has 0 radical (unpaired) electrons. The van der Waals surface area contributed by atoms with Crippen LogP contribution < -0.4 is 5.63 Å². The molecule has 6 nitrogen and oxygen atoms in total. The fourth-order valence-corrected chi connectivity index (χ4v) is 2.60. The third-order valence-corrected chi connectivity index (χ3v) is 3.88.